The van der Waals surface area contributed by atoms with E-state index in [2.05, 4.69) is 15.5 Å². The predicted molar refractivity (Wildman–Crippen MR) is 95.3 cm³/mol. The van der Waals surface area contributed by atoms with E-state index in [4.69, 9.17) is 16.7 Å². The first-order chi connectivity index (χ1) is 12.8. The number of hydrogen-bond donors (Lipinski definition) is 2. The SMILES string of the molecule is CC(C(=O)Nc1cnn(Cc2ccc(F)cc2Cl)c1)n1ccc(C(=O)O)n1. The van der Waals surface area contributed by atoms with E-state index >= 15 is 0 Å². The fourth-order valence-electron chi connectivity index (χ4n) is 2.37. The van der Waals surface area contributed by atoms with Crippen LogP contribution in [0.15, 0.2) is 42.9 Å². The molecule has 0 fully saturated rings. The Morgan fingerprint density at radius 1 is 1.37 bits per heavy atom. The van der Waals surface area contributed by atoms with Gasteiger partial charge >= 0.3 is 5.97 Å². The van der Waals surface area contributed by atoms with E-state index in [1.54, 1.807) is 23.9 Å². The Bertz CT molecular complexity index is 1000. The van der Waals surface area contributed by atoms with E-state index in [9.17, 15) is 14.0 Å². The molecule has 140 valence electrons. The Labute approximate surface area is 158 Å². The second-order valence-electron chi connectivity index (χ2n) is 5.81. The number of carboxylic acid groups (broad SMARTS) is 1. The van der Waals surface area contributed by atoms with Crippen LogP contribution in [-0.4, -0.2) is 36.5 Å². The Kier molecular flexibility index (Phi) is 5.22. The predicted octanol–water partition coefficient (Wildman–Crippen LogP) is 2.82. The first-order valence-electron chi connectivity index (χ1n) is 7.89. The van der Waals surface area contributed by atoms with Gasteiger partial charge in [0.25, 0.3) is 0 Å². The van der Waals surface area contributed by atoms with E-state index in [0.29, 0.717) is 17.8 Å². The zero-order valence-corrected chi connectivity index (χ0v) is 14.9. The largest absolute Gasteiger partial charge is 0.476 e. The Hall–Kier alpha value is -3.20. The van der Waals surface area contributed by atoms with Crippen molar-refractivity contribution in [2.45, 2.75) is 19.5 Å². The van der Waals surface area contributed by atoms with Crippen LogP contribution in [0.5, 0.6) is 0 Å². The van der Waals surface area contributed by atoms with Crippen LogP contribution >= 0.6 is 11.6 Å². The number of aromatic nitrogens is 4. The van der Waals surface area contributed by atoms with Gasteiger partial charge in [0, 0.05) is 17.4 Å². The van der Waals surface area contributed by atoms with Gasteiger partial charge in [-0.25, -0.2) is 9.18 Å². The molecule has 0 bridgehead atoms. The van der Waals surface area contributed by atoms with Crippen LogP contribution in [0, 0.1) is 5.82 Å². The molecular formula is C17H15ClFN5O3. The molecule has 0 spiro atoms. The minimum atomic E-state index is -1.16. The summed E-state index contributed by atoms with van der Waals surface area (Å²) in [6.07, 6.45) is 4.50. The number of benzene rings is 1. The first kappa shape index (κ1) is 18.6. The van der Waals surface area contributed by atoms with Crippen molar-refractivity contribution in [3.05, 3.63) is 65.0 Å². The average Bonchev–Trinajstić information content (AvgIpc) is 3.26. The second kappa shape index (κ2) is 7.58. The van der Waals surface area contributed by atoms with Crippen LogP contribution in [-0.2, 0) is 11.3 Å². The molecule has 0 radical (unpaired) electrons. The fraction of sp³-hybridized carbons (Fsp3) is 0.176. The molecule has 27 heavy (non-hydrogen) atoms. The van der Waals surface area contributed by atoms with E-state index < -0.39 is 17.8 Å². The summed E-state index contributed by atoms with van der Waals surface area (Å²) in [6.45, 7) is 1.91. The van der Waals surface area contributed by atoms with Gasteiger partial charge in [0.15, 0.2) is 5.69 Å². The minimum Gasteiger partial charge on any atom is -0.476 e. The molecule has 0 saturated heterocycles. The summed E-state index contributed by atoms with van der Waals surface area (Å²) >= 11 is 6.00. The van der Waals surface area contributed by atoms with Crippen molar-refractivity contribution < 1.29 is 19.1 Å². The van der Waals surface area contributed by atoms with Crippen molar-refractivity contribution >= 4 is 29.2 Å². The van der Waals surface area contributed by atoms with Crippen molar-refractivity contribution in [3.63, 3.8) is 0 Å². The topological polar surface area (TPSA) is 102 Å². The first-order valence-corrected chi connectivity index (χ1v) is 8.27. The summed E-state index contributed by atoms with van der Waals surface area (Å²) in [5.74, 6) is -1.97. The molecule has 0 aliphatic carbocycles. The van der Waals surface area contributed by atoms with E-state index in [1.807, 2.05) is 0 Å². The monoisotopic (exact) mass is 391 g/mol. The maximum atomic E-state index is 13.1. The molecule has 1 unspecified atom stereocenters. The van der Waals surface area contributed by atoms with Crippen LogP contribution in [0.1, 0.15) is 29.0 Å². The van der Waals surface area contributed by atoms with Gasteiger partial charge in [-0.2, -0.15) is 10.2 Å². The van der Waals surface area contributed by atoms with E-state index in [1.165, 1.54) is 35.3 Å². The summed E-state index contributed by atoms with van der Waals surface area (Å²) in [6, 6.07) is 4.70. The number of anilines is 1. The number of rotatable bonds is 6. The number of hydrogen-bond acceptors (Lipinski definition) is 4. The highest BCUT2D eigenvalue weighted by atomic mass is 35.5. The van der Waals surface area contributed by atoms with Crippen molar-refractivity contribution in [2.24, 2.45) is 0 Å². The number of amides is 1. The van der Waals surface area contributed by atoms with Gasteiger partial charge in [-0.15, -0.1) is 0 Å². The van der Waals surface area contributed by atoms with Crippen LogP contribution in [0.3, 0.4) is 0 Å². The third kappa shape index (κ3) is 4.32. The van der Waals surface area contributed by atoms with E-state index in [-0.39, 0.29) is 16.6 Å². The van der Waals surface area contributed by atoms with Gasteiger partial charge in [-0.1, -0.05) is 17.7 Å². The number of nitrogens with one attached hydrogen (secondary N) is 1. The smallest absolute Gasteiger partial charge is 0.356 e. The van der Waals surface area contributed by atoms with Gasteiger partial charge in [-0.05, 0) is 30.7 Å². The lowest BCUT2D eigenvalue weighted by atomic mass is 10.2. The zero-order chi connectivity index (χ0) is 19.6. The lowest BCUT2D eigenvalue weighted by molar-refractivity contribution is -0.119. The van der Waals surface area contributed by atoms with Crippen molar-refractivity contribution in [2.75, 3.05) is 5.32 Å². The minimum absolute atomic E-state index is 0.140. The summed E-state index contributed by atoms with van der Waals surface area (Å²) in [4.78, 5) is 23.2. The van der Waals surface area contributed by atoms with Gasteiger partial charge in [-0.3, -0.25) is 14.2 Å². The maximum absolute atomic E-state index is 13.1. The molecule has 3 aromatic rings. The molecule has 1 amide bonds. The number of halogens is 2. The van der Waals surface area contributed by atoms with Crippen LogP contribution in [0.25, 0.3) is 0 Å². The highest BCUT2D eigenvalue weighted by Gasteiger charge is 2.18. The lowest BCUT2D eigenvalue weighted by Crippen LogP contribution is -2.24. The van der Waals surface area contributed by atoms with Gasteiger partial charge in [0.1, 0.15) is 11.9 Å². The molecule has 10 heteroatoms. The van der Waals surface area contributed by atoms with Gasteiger partial charge in [0.05, 0.1) is 18.4 Å². The number of carbonyl (C=O) groups is 2. The molecule has 8 nitrogen and oxygen atoms in total. The van der Waals surface area contributed by atoms with Crippen LogP contribution < -0.4 is 5.32 Å². The molecule has 1 atom stereocenters. The number of aromatic carboxylic acids is 1. The molecule has 0 aliphatic rings. The molecule has 3 rings (SSSR count). The molecule has 0 aliphatic heterocycles. The van der Waals surface area contributed by atoms with Crippen LogP contribution in [0.2, 0.25) is 5.02 Å². The molecule has 1 aromatic carbocycles. The lowest BCUT2D eigenvalue weighted by Gasteiger charge is -2.11. The molecule has 2 heterocycles. The number of carboxylic acids is 1. The summed E-state index contributed by atoms with van der Waals surface area (Å²) in [5.41, 5.74) is 1.000. The van der Waals surface area contributed by atoms with Crippen molar-refractivity contribution in [3.8, 4) is 0 Å². The van der Waals surface area contributed by atoms with Crippen LogP contribution in [0.4, 0.5) is 10.1 Å². The quantitative estimate of drug-likeness (QED) is 0.672. The summed E-state index contributed by atoms with van der Waals surface area (Å²) < 4.78 is 15.9. The Morgan fingerprint density at radius 2 is 2.15 bits per heavy atom. The van der Waals surface area contributed by atoms with Gasteiger partial charge in [0.2, 0.25) is 5.91 Å². The fourth-order valence-corrected chi connectivity index (χ4v) is 2.60. The Balaban J connectivity index is 1.65. The molecular weight excluding hydrogens is 377 g/mol. The maximum Gasteiger partial charge on any atom is 0.356 e. The summed E-state index contributed by atoms with van der Waals surface area (Å²) in [5, 5.41) is 19.8. The standard InChI is InChI=1S/C17H15ClFN5O3/c1-10(24-5-4-15(22-24)17(26)27)16(25)21-13-7-20-23(9-13)8-11-2-3-12(19)6-14(11)18/h2-7,9-10H,8H2,1H3,(H,21,25)(H,26,27). The highest BCUT2D eigenvalue weighted by Crippen LogP contribution is 2.19. The zero-order valence-electron chi connectivity index (χ0n) is 14.1. The Morgan fingerprint density at radius 3 is 2.81 bits per heavy atom. The van der Waals surface area contributed by atoms with E-state index in [0.717, 1.165) is 0 Å². The average molecular weight is 392 g/mol. The third-order valence-electron chi connectivity index (χ3n) is 3.85. The number of carbonyl (C=O) groups excluding carboxylic acids is 1. The normalized spacial score (nSPS) is 12.0. The van der Waals surface area contributed by atoms with Gasteiger partial charge < -0.3 is 10.4 Å². The molecule has 0 saturated carbocycles. The highest BCUT2D eigenvalue weighted by molar-refractivity contribution is 6.31. The van der Waals surface area contributed by atoms with Crippen molar-refractivity contribution in [1.82, 2.24) is 19.6 Å². The summed E-state index contributed by atoms with van der Waals surface area (Å²) in [7, 11) is 0. The van der Waals surface area contributed by atoms with Crippen molar-refractivity contribution in [1.29, 1.82) is 0 Å². The molecule has 2 aromatic heterocycles. The molecule has 2 N–H and O–H groups in total. The second-order valence-corrected chi connectivity index (χ2v) is 6.22. The third-order valence-corrected chi connectivity index (χ3v) is 4.20. The number of nitrogens with zero attached hydrogens (tertiary/aromatic N) is 4.